The third kappa shape index (κ3) is 2.04. The van der Waals surface area contributed by atoms with Gasteiger partial charge in [0.25, 0.3) is 0 Å². The van der Waals surface area contributed by atoms with Crippen molar-refractivity contribution in [3.63, 3.8) is 0 Å². The zero-order valence-electron chi connectivity index (χ0n) is 10.4. The van der Waals surface area contributed by atoms with Crippen LogP contribution in [-0.4, -0.2) is 10.1 Å². The SMILES string of the molecule is Cc1cc2cccnc2c(-c2ccc(Cl)cc2)c1O. The van der Waals surface area contributed by atoms with Crippen LogP contribution in [0.1, 0.15) is 5.56 Å². The van der Waals surface area contributed by atoms with Crippen molar-refractivity contribution in [1.82, 2.24) is 4.98 Å². The summed E-state index contributed by atoms with van der Waals surface area (Å²) in [5, 5.41) is 12.0. The van der Waals surface area contributed by atoms with Gasteiger partial charge in [0.2, 0.25) is 0 Å². The van der Waals surface area contributed by atoms with Crippen molar-refractivity contribution in [2.75, 3.05) is 0 Å². The minimum absolute atomic E-state index is 0.272. The molecule has 0 aliphatic carbocycles. The number of benzene rings is 2. The molecule has 0 spiro atoms. The summed E-state index contributed by atoms with van der Waals surface area (Å²) in [6, 6.07) is 13.2. The lowest BCUT2D eigenvalue weighted by Gasteiger charge is -2.11. The Morgan fingerprint density at radius 1 is 1.11 bits per heavy atom. The second-order valence-corrected chi connectivity index (χ2v) is 4.94. The summed E-state index contributed by atoms with van der Waals surface area (Å²) in [6.07, 6.45) is 1.73. The second-order valence-electron chi connectivity index (χ2n) is 4.50. The van der Waals surface area contributed by atoms with Gasteiger partial charge in [0.05, 0.1) is 11.1 Å². The molecule has 1 heterocycles. The highest BCUT2D eigenvalue weighted by Crippen LogP contribution is 2.38. The number of halogens is 1. The van der Waals surface area contributed by atoms with Crippen LogP contribution in [0.25, 0.3) is 22.0 Å². The Morgan fingerprint density at radius 3 is 2.58 bits per heavy atom. The number of hydrogen-bond donors (Lipinski definition) is 1. The van der Waals surface area contributed by atoms with Crippen LogP contribution in [0.2, 0.25) is 5.02 Å². The van der Waals surface area contributed by atoms with Gasteiger partial charge in [0, 0.05) is 16.6 Å². The molecular weight excluding hydrogens is 258 g/mol. The van der Waals surface area contributed by atoms with Gasteiger partial charge < -0.3 is 5.11 Å². The van der Waals surface area contributed by atoms with E-state index in [4.69, 9.17) is 11.6 Å². The zero-order valence-corrected chi connectivity index (χ0v) is 11.1. The molecule has 0 saturated heterocycles. The van der Waals surface area contributed by atoms with Gasteiger partial charge >= 0.3 is 0 Å². The topological polar surface area (TPSA) is 33.1 Å². The first kappa shape index (κ1) is 12.0. The van der Waals surface area contributed by atoms with E-state index in [-0.39, 0.29) is 5.75 Å². The number of aromatic hydroxyl groups is 1. The Hall–Kier alpha value is -2.06. The summed E-state index contributed by atoms with van der Waals surface area (Å²) in [7, 11) is 0. The first-order chi connectivity index (χ1) is 9.16. The predicted octanol–water partition coefficient (Wildman–Crippen LogP) is 4.57. The van der Waals surface area contributed by atoms with Crippen molar-refractivity contribution in [3.05, 3.63) is 59.2 Å². The standard InChI is InChI=1S/C16H12ClNO/c1-10-9-12-3-2-8-18-15(12)14(16(10)19)11-4-6-13(17)7-5-11/h2-9,19H,1H3. The fourth-order valence-electron chi connectivity index (χ4n) is 2.24. The van der Waals surface area contributed by atoms with E-state index >= 15 is 0 Å². The van der Waals surface area contributed by atoms with E-state index in [2.05, 4.69) is 4.98 Å². The molecule has 2 nitrogen and oxygen atoms in total. The van der Waals surface area contributed by atoms with Crippen LogP contribution in [-0.2, 0) is 0 Å². The zero-order chi connectivity index (χ0) is 13.4. The van der Waals surface area contributed by atoms with E-state index in [0.29, 0.717) is 5.02 Å². The maximum atomic E-state index is 10.3. The normalized spacial score (nSPS) is 10.8. The smallest absolute Gasteiger partial charge is 0.128 e. The van der Waals surface area contributed by atoms with Crippen molar-refractivity contribution in [1.29, 1.82) is 0 Å². The molecule has 3 rings (SSSR count). The monoisotopic (exact) mass is 269 g/mol. The van der Waals surface area contributed by atoms with Crippen molar-refractivity contribution in [2.45, 2.75) is 6.92 Å². The Morgan fingerprint density at radius 2 is 1.84 bits per heavy atom. The number of phenolic OH excluding ortho intramolecular Hbond substituents is 1. The van der Waals surface area contributed by atoms with Gasteiger partial charge in [0.1, 0.15) is 5.75 Å². The quantitative estimate of drug-likeness (QED) is 0.702. The van der Waals surface area contributed by atoms with Gasteiger partial charge in [-0.05, 0) is 42.3 Å². The van der Waals surface area contributed by atoms with Gasteiger partial charge in [-0.1, -0.05) is 29.8 Å². The lowest BCUT2D eigenvalue weighted by molar-refractivity contribution is 0.474. The van der Waals surface area contributed by atoms with E-state index in [1.165, 1.54) is 0 Å². The average molecular weight is 270 g/mol. The van der Waals surface area contributed by atoms with Crippen LogP contribution >= 0.6 is 11.6 Å². The van der Waals surface area contributed by atoms with Crippen LogP contribution in [0.15, 0.2) is 48.7 Å². The van der Waals surface area contributed by atoms with Gasteiger partial charge in [-0.15, -0.1) is 0 Å². The molecule has 1 N–H and O–H groups in total. The summed E-state index contributed by atoms with van der Waals surface area (Å²) in [5.74, 6) is 0.272. The molecule has 94 valence electrons. The van der Waals surface area contributed by atoms with E-state index in [0.717, 1.165) is 27.6 Å². The largest absolute Gasteiger partial charge is 0.507 e. The Bertz CT molecular complexity index is 751. The molecule has 0 fully saturated rings. The van der Waals surface area contributed by atoms with Crippen LogP contribution in [0.3, 0.4) is 0 Å². The molecule has 2 aromatic carbocycles. The van der Waals surface area contributed by atoms with E-state index < -0.39 is 0 Å². The van der Waals surface area contributed by atoms with Crippen molar-refractivity contribution < 1.29 is 5.11 Å². The maximum Gasteiger partial charge on any atom is 0.128 e. The third-order valence-corrected chi connectivity index (χ3v) is 3.44. The number of fused-ring (bicyclic) bond motifs is 1. The molecule has 0 unspecified atom stereocenters. The average Bonchev–Trinajstić information content (AvgIpc) is 2.42. The first-order valence-electron chi connectivity index (χ1n) is 6.00. The van der Waals surface area contributed by atoms with Gasteiger partial charge in [0.15, 0.2) is 0 Å². The molecule has 0 radical (unpaired) electrons. The molecule has 0 saturated carbocycles. The highest BCUT2D eigenvalue weighted by molar-refractivity contribution is 6.30. The molecule has 0 aliphatic rings. The third-order valence-electron chi connectivity index (χ3n) is 3.19. The minimum Gasteiger partial charge on any atom is -0.507 e. The highest BCUT2D eigenvalue weighted by Gasteiger charge is 2.13. The number of nitrogens with zero attached hydrogens (tertiary/aromatic N) is 1. The molecule has 3 heteroatoms. The fraction of sp³-hybridized carbons (Fsp3) is 0.0625. The van der Waals surface area contributed by atoms with E-state index in [1.54, 1.807) is 6.20 Å². The van der Waals surface area contributed by atoms with Crippen LogP contribution in [0.4, 0.5) is 0 Å². The van der Waals surface area contributed by atoms with E-state index in [1.807, 2.05) is 49.4 Å². The van der Waals surface area contributed by atoms with Crippen molar-refractivity contribution in [3.8, 4) is 16.9 Å². The Balaban J connectivity index is 2.38. The summed E-state index contributed by atoms with van der Waals surface area (Å²) in [4.78, 5) is 4.39. The first-order valence-corrected chi connectivity index (χ1v) is 6.38. The second kappa shape index (κ2) is 4.56. The highest BCUT2D eigenvalue weighted by atomic mass is 35.5. The molecule has 3 aromatic rings. The van der Waals surface area contributed by atoms with Gasteiger partial charge in [-0.3, -0.25) is 4.98 Å². The summed E-state index contributed by atoms with van der Waals surface area (Å²) in [5.41, 5.74) is 3.31. The molecule has 1 aromatic heterocycles. The minimum atomic E-state index is 0.272. The summed E-state index contributed by atoms with van der Waals surface area (Å²) >= 11 is 5.91. The number of aryl methyl sites for hydroxylation is 1. The summed E-state index contributed by atoms with van der Waals surface area (Å²) < 4.78 is 0. The maximum absolute atomic E-state index is 10.3. The Labute approximate surface area is 116 Å². The fourth-order valence-corrected chi connectivity index (χ4v) is 2.37. The lowest BCUT2D eigenvalue weighted by Crippen LogP contribution is -1.88. The molecule has 0 aliphatic heterocycles. The molecule has 0 atom stereocenters. The lowest BCUT2D eigenvalue weighted by atomic mass is 9.98. The number of rotatable bonds is 1. The summed E-state index contributed by atoms with van der Waals surface area (Å²) in [6.45, 7) is 1.89. The molecule has 19 heavy (non-hydrogen) atoms. The predicted molar refractivity (Wildman–Crippen MR) is 78.6 cm³/mol. The number of aromatic nitrogens is 1. The van der Waals surface area contributed by atoms with Crippen molar-refractivity contribution >= 4 is 22.5 Å². The van der Waals surface area contributed by atoms with Crippen LogP contribution in [0.5, 0.6) is 5.75 Å². The number of hydrogen-bond acceptors (Lipinski definition) is 2. The number of pyridine rings is 1. The van der Waals surface area contributed by atoms with Gasteiger partial charge in [-0.2, -0.15) is 0 Å². The van der Waals surface area contributed by atoms with Crippen molar-refractivity contribution in [2.24, 2.45) is 0 Å². The van der Waals surface area contributed by atoms with Crippen LogP contribution in [0, 0.1) is 6.92 Å². The molecule has 0 bridgehead atoms. The number of phenols is 1. The van der Waals surface area contributed by atoms with Crippen LogP contribution < -0.4 is 0 Å². The Kier molecular flexibility index (Phi) is 2.88. The van der Waals surface area contributed by atoms with E-state index in [9.17, 15) is 5.11 Å². The molecule has 0 amide bonds. The molecular formula is C16H12ClNO. The van der Waals surface area contributed by atoms with Gasteiger partial charge in [-0.25, -0.2) is 0 Å².